The summed E-state index contributed by atoms with van der Waals surface area (Å²) >= 11 is 0. The minimum Gasteiger partial charge on any atom is -0.391 e. The molecule has 0 radical (unpaired) electrons. The summed E-state index contributed by atoms with van der Waals surface area (Å²) in [5.74, 6) is 1.23. The first-order valence-corrected chi connectivity index (χ1v) is 11.7. The smallest absolute Gasteiger partial charge is 0.256 e. The van der Waals surface area contributed by atoms with Crippen LogP contribution in [0.2, 0.25) is 0 Å². The zero-order chi connectivity index (χ0) is 20.5. The van der Waals surface area contributed by atoms with Gasteiger partial charge in [-0.1, -0.05) is 26.2 Å². The SMILES string of the molecule is CCCC1CCC(COC2CC(F)=C(C(=O)N3CC(O)CC3C)C=C2C2CC2)C1. The van der Waals surface area contributed by atoms with Crippen LogP contribution in [0.15, 0.2) is 23.0 Å². The predicted octanol–water partition coefficient (Wildman–Crippen LogP) is 4.53. The van der Waals surface area contributed by atoms with Crippen LogP contribution in [-0.2, 0) is 9.53 Å². The summed E-state index contributed by atoms with van der Waals surface area (Å²) in [6, 6.07) is -0.0528. The second-order valence-corrected chi connectivity index (χ2v) is 9.79. The van der Waals surface area contributed by atoms with Gasteiger partial charge >= 0.3 is 0 Å². The highest BCUT2D eigenvalue weighted by Crippen LogP contribution is 2.44. The van der Waals surface area contributed by atoms with Crippen LogP contribution >= 0.6 is 0 Å². The molecule has 0 aromatic carbocycles. The molecule has 4 nitrogen and oxygen atoms in total. The standard InChI is InChI=1S/C24H36FNO3/c1-3-4-16-5-6-17(10-16)14-29-23-12-22(25)21(11-20(23)18-7-8-18)24(28)26-13-19(27)9-15(26)2/h11,15-19,23,27H,3-10,12-14H2,1-2H3. The van der Waals surface area contributed by atoms with Crippen molar-refractivity contribution < 1.29 is 19.0 Å². The fraction of sp³-hybridized carbons (Fsp3) is 0.792. The van der Waals surface area contributed by atoms with Gasteiger partial charge in [-0.3, -0.25) is 4.79 Å². The molecule has 1 amide bonds. The Kier molecular flexibility index (Phi) is 6.45. The summed E-state index contributed by atoms with van der Waals surface area (Å²) in [6.45, 7) is 5.17. The van der Waals surface area contributed by atoms with E-state index in [0.717, 1.165) is 24.3 Å². The fourth-order valence-corrected chi connectivity index (χ4v) is 5.55. The van der Waals surface area contributed by atoms with E-state index in [4.69, 9.17) is 4.74 Å². The quantitative estimate of drug-likeness (QED) is 0.677. The molecule has 4 rings (SSSR count). The zero-order valence-corrected chi connectivity index (χ0v) is 17.9. The molecule has 1 aliphatic heterocycles. The Balaban J connectivity index is 1.40. The van der Waals surface area contributed by atoms with E-state index < -0.39 is 6.10 Å². The van der Waals surface area contributed by atoms with E-state index in [1.54, 1.807) is 11.0 Å². The molecule has 3 fully saturated rings. The Bertz CT molecular complexity index is 684. The summed E-state index contributed by atoms with van der Waals surface area (Å²) in [4.78, 5) is 14.6. The predicted molar refractivity (Wildman–Crippen MR) is 111 cm³/mol. The van der Waals surface area contributed by atoms with Crippen LogP contribution in [0.4, 0.5) is 4.39 Å². The Labute approximate surface area is 174 Å². The van der Waals surface area contributed by atoms with Gasteiger partial charge in [0.2, 0.25) is 0 Å². The van der Waals surface area contributed by atoms with Crippen LogP contribution in [0.1, 0.15) is 71.6 Å². The molecule has 2 saturated carbocycles. The largest absolute Gasteiger partial charge is 0.391 e. The van der Waals surface area contributed by atoms with Crippen molar-refractivity contribution in [3.63, 3.8) is 0 Å². The number of hydrogen-bond donors (Lipinski definition) is 1. The number of carbonyl (C=O) groups excluding carboxylic acids is 1. The Hall–Kier alpha value is -1.20. The maximum Gasteiger partial charge on any atom is 0.256 e. The Morgan fingerprint density at radius 3 is 2.66 bits per heavy atom. The molecular weight excluding hydrogens is 369 g/mol. The van der Waals surface area contributed by atoms with Crippen LogP contribution in [0.3, 0.4) is 0 Å². The van der Waals surface area contributed by atoms with Crippen LogP contribution in [-0.4, -0.2) is 47.3 Å². The van der Waals surface area contributed by atoms with Gasteiger partial charge in [-0.15, -0.1) is 0 Å². The minimum atomic E-state index is -0.507. The van der Waals surface area contributed by atoms with E-state index in [1.165, 1.54) is 32.1 Å². The second-order valence-electron chi connectivity index (χ2n) is 9.79. The van der Waals surface area contributed by atoms with Gasteiger partial charge in [0.05, 0.1) is 24.4 Å². The molecule has 1 heterocycles. The van der Waals surface area contributed by atoms with Gasteiger partial charge in [-0.05, 0) is 68.4 Å². The number of halogens is 1. The van der Waals surface area contributed by atoms with E-state index in [9.17, 15) is 14.3 Å². The topological polar surface area (TPSA) is 49.8 Å². The summed E-state index contributed by atoms with van der Waals surface area (Å²) in [5.41, 5.74) is 1.31. The molecule has 3 aliphatic carbocycles. The van der Waals surface area contributed by atoms with Gasteiger partial charge in [0.25, 0.3) is 5.91 Å². The average Bonchev–Trinajstić information content (AvgIpc) is 3.34. The number of likely N-dealkylation sites (tertiary alicyclic amines) is 1. The lowest BCUT2D eigenvalue weighted by molar-refractivity contribution is -0.127. The maximum atomic E-state index is 15.0. The van der Waals surface area contributed by atoms with E-state index in [2.05, 4.69) is 6.92 Å². The number of β-amino-alcohol motifs (C(OH)–C–C–N with tert-alkyl or cyclic N) is 1. The lowest BCUT2D eigenvalue weighted by Gasteiger charge is -2.29. The van der Waals surface area contributed by atoms with Crippen molar-refractivity contribution in [3.8, 4) is 0 Å². The molecular formula is C24H36FNO3. The highest BCUT2D eigenvalue weighted by Gasteiger charge is 2.39. The summed E-state index contributed by atoms with van der Waals surface area (Å²) in [5, 5.41) is 9.86. The van der Waals surface area contributed by atoms with Crippen molar-refractivity contribution in [2.75, 3.05) is 13.2 Å². The zero-order valence-electron chi connectivity index (χ0n) is 17.9. The number of nitrogens with zero attached hydrogens (tertiary/aromatic N) is 1. The van der Waals surface area contributed by atoms with Crippen molar-refractivity contribution in [2.45, 2.75) is 89.9 Å². The monoisotopic (exact) mass is 405 g/mol. The van der Waals surface area contributed by atoms with E-state index in [1.807, 2.05) is 6.92 Å². The first-order valence-electron chi connectivity index (χ1n) is 11.7. The number of aliphatic hydroxyl groups excluding tert-OH is 1. The number of hydrogen-bond acceptors (Lipinski definition) is 3. The fourth-order valence-electron chi connectivity index (χ4n) is 5.55. The normalized spacial score (nSPS) is 35.4. The van der Waals surface area contributed by atoms with Gasteiger partial charge < -0.3 is 14.7 Å². The van der Waals surface area contributed by atoms with Crippen LogP contribution < -0.4 is 0 Å². The molecule has 29 heavy (non-hydrogen) atoms. The highest BCUT2D eigenvalue weighted by atomic mass is 19.1. The van der Waals surface area contributed by atoms with Gasteiger partial charge in [0.15, 0.2) is 0 Å². The van der Waals surface area contributed by atoms with E-state index in [0.29, 0.717) is 31.4 Å². The van der Waals surface area contributed by atoms with Gasteiger partial charge in [-0.25, -0.2) is 4.39 Å². The second kappa shape index (κ2) is 8.89. The van der Waals surface area contributed by atoms with Crippen LogP contribution in [0.5, 0.6) is 0 Å². The van der Waals surface area contributed by atoms with Crippen LogP contribution in [0, 0.1) is 17.8 Å². The lowest BCUT2D eigenvalue weighted by Crippen LogP contribution is -2.37. The summed E-state index contributed by atoms with van der Waals surface area (Å²) < 4.78 is 21.3. The molecule has 0 spiro atoms. The molecule has 5 unspecified atom stereocenters. The highest BCUT2D eigenvalue weighted by molar-refractivity contribution is 5.97. The molecule has 0 aromatic rings. The van der Waals surface area contributed by atoms with Gasteiger partial charge in [-0.2, -0.15) is 0 Å². The lowest BCUT2D eigenvalue weighted by atomic mass is 9.91. The third kappa shape index (κ3) is 4.77. The molecule has 1 N–H and O–H groups in total. The van der Waals surface area contributed by atoms with E-state index >= 15 is 0 Å². The molecule has 4 aliphatic rings. The molecule has 162 valence electrons. The third-order valence-electron chi connectivity index (χ3n) is 7.31. The molecule has 0 aromatic heterocycles. The van der Waals surface area contributed by atoms with E-state index in [-0.39, 0.29) is 35.9 Å². The summed E-state index contributed by atoms with van der Waals surface area (Å²) in [7, 11) is 0. The number of ether oxygens (including phenoxy) is 1. The maximum absolute atomic E-state index is 15.0. The average molecular weight is 406 g/mol. The van der Waals surface area contributed by atoms with Gasteiger partial charge in [0, 0.05) is 19.0 Å². The molecule has 0 bridgehead atoms. The number of amides is 1. The van der Waals surface area contributed by atoms with Gasteiger partial charge in [0.1, 0.15) is 5.83 Å². The molecule has 5 atom stereocenters. The van der Waals surface area contributed by atoms with Crippen molar-refractivity contribution in [2.24, 2.45) is 17.8 Å². The molecule has 5 heteroatoms. The third-order valence-corrected chi connectivity index (χ3v) is 7.31. The Morgan fingerprint density at radius 1 is 1.24 bits per heavy atom. The number of carbonyl (C=O) groups is 1. The minimum absolute atomic E-state index is 0.0528. The molecule has 1 saturated heterocycles. The van der Waals surface area contributed by atoms with Crippen molar-refractivity contribution in [3.05, 3.63) is 23.0 Å². The van der Waals surface area contributed by atoms with Crippen LogP contribution in [0.25, 0.3) is 0 Å². The Morgan fingerprint density at radius 2 is 2.00 bits per heavy atom. The number of rotatable bonds is 7. The first kappa shape index (κ1) is 21.0. The number of aliphatic hydroxyl groups is 1. The van der Waals surface area contributed by atoms with Crippen molar-refractivity contribution >= 4 is 5.91 Å². The summed E-state index contributed by atoms with van der Waals surface area (Å²) in [6.07, 6.45) is 10.3. The van der Waals surface area contributed by atoms with Crippen molar-refractivity contribution in [1.82, 2.24) is 4.90 Å². The van der Waals surface area contributed by atoms with Crippen molar-refractivity contribution in [1.29, 1.82) is 0 Å². The first-order chi connectivity index (χ1) is 14.0.